The minimum atomic E-state index is -0.982. The smallest absolute Gasteiger partial charge is 0.129 e. The molecule has 1 rings (SSSR count). The van der Waals surface area contributed by atoms with E-state index in [9.17, 15) is 9.50 Å². The molecule has 0 fully saturated rings. The van der Waals surface area contributed by atoms with Crippen LogP contribution >= 0.6 is 15.9 Å². The van der Waals surface area contributed by atoms with Crippen molar-refractivity contribution in [2.75, 3.05) is 6.61 Å². The molecule has 0 spiro atoms. The molecule has 0 aliphatic carbocycles. The summed E-state index contributed by atoms with van der Waals surface area (Å²) >= 11 is 3.27. The molecule has 0 amide bonds. The third-order valence-electron chi connectivity index (χ3n) is 3.01. The molecule has 96 valence electrons. The lowest BCUT2D eigenvalue weighted by Crippen LogP contribution is -2.36. The zero-order valence-electron chi connectivity index (χ0n) is 10.3. The van der Waals surface area contributed by atoms with Crippen LogP contribution in [0.4, 0.5) is 4.39 Å². The first-order valence-corrected chi connectivity index (χ1v) is 6.51. The molecule has 0 radical (unpaired) electrons. The van der Waals surface area contributed by atoms with Gasteiger partial charge in [-0.3, -0.25) is 0 Å². The standard InChI is InChI=1S/C13H18BrFO2/c1-4-13(3,17-5-2)12(16)10-8-9(14)6-7-11(10)15/h6-8,12,16H,4-5H2,1-3H3. The molecule has 2 nitrogen and oxygen atoms in total. The number of benzene rings is 1. The zero-order valence-corrected chi connectivity index (χ0v) is 11.9. The number of ether oxygens (including phenoxy) is 1. The molecule has 0 aromatic heterocycles. The fraction of sp³-hybridized carbons (Fsp3) is 0.538. The number of aliphatic hydroxyl groups excluding tert-OH is 1. The second-order valence-corrected chi connectivity index (χ2v) is 5.08. The van der Waals surface area contributed by atoms with E-state index in [0.29, 0.717) is 13.0 Å². The highest BCUT2D eigenvalue weighted by Gasteiger charge is 2.34. The van der Waals surface area contributed by atoms with E-state index in [1.165, 1.54) is 6.07 Å². The summed E-state index contributed by atoms with van der Waals surface area (Å²) in [5, 5.41) is 10.3. The van der Waals surface area contributed by atoms with E-state index in [1.54, 1.807) is 19.1 Å². The highest BCUT2D eigenvalue weighted by atomic mass is 79.9. The van der Waals surface area contributed by atoms with E-state index in [0.717, 1.165) is 4.47 Å². The molecule has 4 heteroatoms. The Balaban J connectivity index is 3.09. The maximum Gasteiger partial charge on any atom is 0.129 e. The van der Waals surface area contributed by atoms with Crippen LogP contribution in [-0.4, -0.2) is 17.3 Å². The summed E-state index contributed by atoms with van der Waals surface area (Å²) in [5.41, 5.74) is -0.506. The third kappa shape index (κ3) is 3.27. The fourth-order valence-corrected chi connectivity index (χ4v) is 2.14. The molecule has 2 atom stereocenters. The van der Waals surface area contributed by atoms with Crippen LogP contribution in [0.3, 0.4) is 0 Å². The van der Waals surface area contributed by atoms with Crippen molar-refractivity contribution < 1.29 is 14.2 Å². The monoisotopic (exact) mass is 304 g/mol. The molecule has 0 heterocycles. The van der Waals surface area contributed by atoms with Crippen LogP contribution in [0.1, 0.15) is 38.9 Å². The highest BCUT2D eigenvalue weighted by Crippen LogP contribution is 2.34. The minimum Gasteiger partial charge on any atom is -0.385 e. The van der Waals surface area contributed by atoms with Gasteiger partial charge in [0.15, 0.2) is 0 Å². The van der Waals surface area contributed by atoms with E-state index in [2.05, 4.69) is 15.9 Å². The molecule has 1 aromatic rings. The maximum atomic E-state index is 13.7. The number of halogens is 2. The van der Waals surface area contributed by atoms with Gasteiger partial charge in [-0.1, -0.05) is 22.9 Å². The predicted octanol–water partition coefficient (Wildman–Crippen LogP) is 3.83. The second kappa shape index (κ2) is 5.94. The predicted molar refractivity (Wildman–Crippen MR) is 69.4 cm³/mol. The summed E-state index contributed by atoms with van der Waals surface area (Å²) in [6, 6.07) is 4.53. The van der Waals surface area contributed by atoms with E-state index >= 15 is 0 Å². The van der Waals surface area contributed by atoms with Crippen molar-refractivity contribution in [3.8, 4) is 0 Å². The first-order chi connectivity index (χ1) is 7.94. The van der Waals surface area contributed by atoms with Crippen LogP contribution < -0.4 is 0 Å². The van der Waals surface area contributed by atoms with Crippen LogP contribution in [0.25, 0.3) is 0 Å². The van der Waals surface area contributed by atoms with Crippen LogP contribution in [-0.2, 0) is 4.74 Å². The summed E-state index contributed by atoms with van der Waals surface area (Å²) in [4.78, 5) is 0. The van der Waals surface area contributed by atoms with Crippen molar-refractivity contribution in [2.45, 2.75) is 38.9 Å². The van der Waals surface area contributed by atoms with Gasteiger partial charge in [0.05, 0.1) is 5.60 Å². The fourth-order valence-electron chi connectivity index (χ4n) is 1.76. The van der Waals surface area contributed by atoms with Crippen molar-refractivity contribution in [3.63, 3.8) is 0 Å². The molecule has 0 aliphatic heterocycles. The summed E-state index contributed by atoms with van der Waals surface area (Å²) in [5.74, 6) is -0.417. The Labute approximate surface area is 110 Å². The Bertz CT molecular complexity index is 384. The summed E-state index contributed by atoms with van der Waals surface area (Å²) in [6.45, 7) is 6.05. The van der Waals surface area contributed by atoms with Gasteiger partial charge in [-0.05, 0) is 38.5 Å². The third-order valence-corrected chi connectivity index (χ3v) is 3.50. The molecule has 0 bridgehead atoms. The van der Waals surface area contributed by atoms with Crippen LogP contribution in [0.2, 0.25) is 0 Å². The van der Waals surface area contributed by atoms with Crippen molar-refractivity contribution in [1.29, 1.82) is 0 Å². The van der Waals surface area contributed by atoms with Gasteiger partial charge in [0, 0.05) is 16.6 Å². The van der Waals surface area contributed by atoms with Crippen molar-refractivity contribution >= 4 is 15.9 Å². The van der Waals surface area contributed by atoms with Gasteiger partial charge in [-0.15, -0.1) is 0 Å². The molecule has 17 heavy (non-hydrogen) atoms. The van der Waals surface area contributed by atoms with Crippen molar-refractivity contribution in [3.05, 3.63) is 34.1 Å². The Morgan fingerprint density at radius 3 is 2.65 bits per heavy atom. The Kier molecular flexibility index (Phi) is 5.10. The van der Waals surface area contributed by atoms with Gasteiger partial charge in [-0.25, -0.2) is 4.39 Å². The first kappa shape index (κ1) is 14.6. The SMILES string of the molecule is CCOC(C)(CC)C(O)c1cc(Br)ccc1F. The summed E-state index contributed by atoms with van der Waals surface area (Å²) in [6.07, 6.45) is -0.376. The van der Waals surface area contributed by atoms with E-state index in [4.69, 9.17) is 4.74 Å². The molecule has 0 aliphatic rings. The maximum absolute atomic E-state index is 13.7. The highest BCUT2D eigenvalue weighted by molar-refractivity contribution is 9.10. The van der Waals surface area contributed by atoms with Crippen molar-refractivity contribution in [1.82, 2.24) is 0 Å². The van der Waals surface area contributed by atoms with Gasteiger partial charge < -0.3 is 9.84 Å². The number of hydrogen-bond donors (Lipinski definition) is 1. The molecule has 0 saturated carbocycles. The van der Waals surface area contributed by atoms with Gasteiger partial charge >= 0.3 is 0 Å². The average molecular weight is 305 g/mol. The average Bonchev–Trinajstić information content (AvgIpc) is 2.31. The molecule has 1 aromatic carbocycles. The Hall–Kier alpha value is -0.450. The van der Waals surface area contributed by atoms with E-state index in [1.807, 2.05) is 13.8 Å². The van der Waals surface area contributed by atoms with Crippen molar-refractivity contribution in [2.24, 2.45) is 0 Å². The van der Waals surface area contributed by atoms with E-state index in [-0.39, 0.29) is 5.56 Å². The minimum absolute atomic E-state index is 0.261. The van der Waals surface area contributed by atoms with Gasteiger partial charge in [0.25, 0.3) is 0 Å². The molecular weight excluding hydrogens is 287 g/mol. The van der Waals surface area contributed by atoms with Crippen LogP contribution in [0.5, 0.6) is 0 Å². The van der Waals surface area contributed by atoms with Crippen LogP contribution in [0.15, 0.2) is 22.7 Å². The molecular formula is C13H18BrFO2. The van der Waals surface area contributed by atoms with E-state index < -0.39 is 17.5 Å². The lowest BCUT2D eigenvalue weighted by molar-refractivity contribution is -0.114. The second-order valence-electron chi connectivity index (χ2n) is 4.17. The number of rotatable bonds is 5. The van der Waals surface area contributed by atoms with Gasteiger partial charge in [0.2, 0.25) is 0 Å². The van der Waals surface area contributed by atoms with Crippen LogP contribution in [0, 0.1) is 5.82 Å². The normalized spacial score (nSPS) is 16.6. The Morgan fingerprint density at radius 2 is 2.12 bits per heavy atom. The summed E-state index contributed by atoms with van der Waals surface area (Å²) < 4.78 is 20.0. The van der Waals surface area contributed by atoms with Gasteiger partial charge in [-0.2, -0.15) is 0 Å². The summed E-state index contributed by atoms with van der Waals surface area (Å²) in [7, 11) is 0. The lowest BCUT2D eigenvalue weighted by atomic mass is 9.90. The number of hydrogen-bond acceptors (Lipinski definition) is 2. The molecule has 1 N–H and O–H groups in total. The zero-order chi connectivity index (χ0) is 13.1. The first-order valence-electron chi connectivity index (χ1n) is 5.71. The largest absolute Gasteiger partial charge is 0.385 e. The molecule has 0 saturated heterocycles. The molecule has 2 unspecified atom stereocenters. The number of aliphatic hydroxyl groups is 1. The quantitative estimate of drug-likeness (QED) is 0.896. The Morgan fingerprint density at radius 1 is 1.47 bits per heavy atom. The lowest BCUT2D eigenvalue weighted by Gasteiger charge is -2.33. The van der Waals surface area contributed by atoms with Gasteiger partial charge in [0.1, 0.15) is 11.9 Å². The topological polar surface area (TPSA) is 29.5 Å².